The number of nitrogens with two attached hydrogens (primary N) is 1. The standard InChI is InChI=1S/C5H10N2O/c6-7-5-3-1-2-4-8-5/h1-4,6H2. The van der Waals surface area contributed by atoms with Crippen molar-refractivity contribution in [3.05, 3.63) is 0 Å². The van der Waals surface area contributed by atoms with Crippen LogP contribution in [0.4, 0.5) is 0 Å². The van der Waals surface area contributed by atoms with E-state index in [1.54, 1.807) is 0 Å². The first-order valence-electron chi connectivity index (χ1n) is 2.83. The van der Waals surface area contributed by atoms with E-state index in [1.807, 2.05) is 0 Å². The van der Waals surface area contributed by atoms with Gasteiger partial charge in [-0.25, -0.2) is 0 Å². The first-order valence-corrected chi connectivity index (χ1v) is 2.83. The first kappa shape index (κ1) is 5.41. The fourth-order valence-corrected chi connectivity index (χ4v) is 0.742. The van der Waals surface area contributed by atoms with Crippen molar-refractivity contribution < 1.29 is 4.74 Å². The Morgan fingerprint density at radius 2 is 2.38 bits per heavy atom. The molecule has 3 nitrogen and oxygen atoms in total. The highest BCUT2D eigenvalue weighted by atomic mass is 16.5. The summed E-state index contributed by atoms with van der Waals surface area (Å²) in [4.78, 5) is 0. The number of rotatable bonds is 0. The Kier molecular flexibility index (Phi) is 1.72. The smallest absolute Gasteiger partial charge is 0.205 e. The van der Waals surface area contributed by atoms with Gasteiger partial charge in [0.25, 0.3) is 0 Å². The fraction of sp³-hybridized carbons (Fsp3) is 0.800. The topological polar surface area (TPSA) is 47.6 Å². The van der Waals surface area contributed by atoms with E-state index in [1.165, 1.54) is 0 Å². The minimum Gasteiger partial charge on any atom is -0.480 e. The molecule has 0 atom stereocenters. The van der Waals surface area contributed by atoms with Crippen LogP contribution in [0.25, 0.3) is 0 Å². The van der Waals surface area contributed by atoms with E-state index in [0.717, 1.165) is 25.9 Å². The molecule has 0 aromatic heterocycles. The first-order chi connectivity index (χ1) is 3.93. The van der Waals surface area contributed by atoms with Crippen molar-refractivity contribution in [3.8, 4) is 0 Å². The van der Waals surface area contributed by atoms with Gasteiger partial charge in [0.1, 0.15) is 0 Å². The summed E-state index contributed by atoms with van der Waals surface area (Å²) in [6, 6.07) is 0. The van der Waals surface area contributed by atoms with Gasteiger partial charge in [0.05, 0.1) is 6.61 Å². The molecule has 0 amide bonds. The van der Waals surface area contributed by atoms with Crippen molar-refractivity contribution in [1.29, 1.82) is 0 Å². The minimum absolute atomic E-state index is 0.705. The number of hydrogen-bond acceptors (Lipinski definition) is 3. The normalized spacial score (nSPS) is 25.2. The molecule has 0 unspecified atom stereocenters. The molecule has 1 fully saturated rings. The van der Waals surface area contributed by atoms with E-state index in [4.69, 9.17) is 10.6 Å². The van der Waals surface area contributed by atoms with Crippen LogP contribution in [-0.4, -0.2) is 12.5 Å². The van der Waals surface area contributed by atoms with E-state index in [-0.39, 0.29) is 0 Å². The monoisotopic (exact) mass is 114 g/mol. The maximum Gasteiger partial charge on any atom is 0.205 e. The van der Waals surface area contributed by atoms with Gasteiger partial charge in [0, 0.05) is 6.42 Å². The van der Waals surface area contributed by atoms with Crippen LogP contribution in [0, 0.1) is 0 Å². The molecule has 1 heterocycles. The molecule has 0 aromatic rings. The van der Waals surface area contributed by atoms with Crippen LogP contribution in [-0.2, 0) is 4.74 Å². The molecule has 0 saturated carbocycles. The maximum atomic E-state index is 5.05. The molecular weight excluding hydrogens is 104 g/mol. The highest BCUT2D eigenvalue weighted by molar-refractivity contribution is 5.76. The molecule has 1 aliphatic heterocycles. The van der Waals surface area contributed by atoms with Gasteiger partial charge in [-0.2, -0.15) is 0 Å². The van der Waals surface area contributed by atoms with Crippen molar-refractivity contribution in [2.24, 2.45) is 10.9 Å². The third kappa shape index (κ3) is 1.12. The summed E-state index contributed by atoms with van der Waals surface area (Å²) in [5.74, 6) is 5.67. The lowest BCUT2D eigenvalue weighted by atomic mass is 10.2. The molecule has 2 N–H and O–H groups in total. The zero-order valence-electron chi connectivity index (χ0n) is 4.76. The van der Waals surface area contributed by atoms with Gasteiger partial charge >= 0.3 is 0 Å². The van der Waals surface area contributed by atoms with Crippen LogP contribution in [0.5, 0.6) is 0 Å². The van der Waals surface area contributed by atoms with Crippen molar-refractivity contribution in [2.75, 3.05) is 6.61 Å². The Bertz CT molecular complexity index is 92.6. The summed E-state index contributed by atoms with van der Waals surface area (Å²) in [7, 11) is 0. The largest absolute Gasteiger partial charge is 0.480 e. The maximum absolute atomic E-state index is 5.05. The summed E-state index contributed by atoms with van der Waals surface area (Å²) >= 11 is 0. The van der Waals surface area contributed by atoms with E-state index in [0.29, 0.717) is 5.90 Å². The van der Waals surface area contributed by atoms with E-state index < -0.39 is 0 Å². The zero-order chi connectivity index (χ0) is 5.82. The lowest BCUT2D eigenvalue weighted by molar-refractivity contribution is 0.259. The number of hydrazone groups is 1. The molecule has 3 heteroatoms. The van der Waals surface area contributed by atoms with Crippen LogP contribution >= 0.6 is 0 Å². The Morgan fingerprint density at radius 1 is 1.50 bits per heavy atom. The molecule has 0 spiro atoms. The Balaban J connectivity index is 2.33. The molecule has 0 aromatic carbocycles. The Morgan fingerprint density at radius 3 is 2.75 bits per heavy atom. The molecule has 0 bridgehead atoms. The van der Waals surface area contributed by atoms with Gasteiger partial charge in [-0.15, -0.1) is 5.10 Å². The summed E-state index contributed by atoms with van der Waals surface area (Å²) in [6.45, 7) is 0.788. The quantitative estimate of drug-likeness (QED) is 0.367. The molecule has 1 saturated heterocycles. The van der Waals surface area contributed by atoms with Crippen LogP contribution < -0.4 is 5.84 Å². The fourth-order valence-electron chi connectivity index (χ4n) is 0.742. The molecule has 46 valence electrons. The predicted molar refractivity (Wildman–Crippen MR) is 31.4 cm³/mol. The zero-order valence-corrected chi connectivity index (χ0v) is 4.76. The lowest BCUT2D eigenvalue weighted by Crippen LogP contribution is -2.13. The van der Waals surface area contributed by atoms with E-state index in [9.17, 15) is 0 Å². The SMILES string of the molecule is NN=C1CCCCO1. The number of ether oxygens (including phenoxy) is 1. The van der Waals surface area contributed by atoms with Crippen molar-refractivity contribution in [3.63, 3.8) is 0 Å². The molecule has 0 radical (unpaired) electrons. The van der Waals surface area contributed by atoms with Gasteiger partial charge in [0.15, 0.2) is 0 Å². The van der Waals surface area contributed by atoms with Gasteiger partial charge in [-0.05, 0) is 12.8 Å². The van der Waals surface area contributed by atoms with Gasteiger partial charge < -0.3 is 10.6 Å². The third-order valence-corrected chi connectivity index (χ3v) is 1.20. The van der Waals surface area contributed by atoms with Gasteiger partial charge in [-0.3, -0.25) is 0 Å². The van der Waals surface area contributed by atoms with Crippen molar-refractivity contribution in [2.45, 2.75) is 19.3 Å². The Hall–Kier alpha value is -0.730. The second kappa shape index (κ2) is 2.55. The molecular formula is C5H10N2O. The molecule has 1 rings (SSSR count). The second-order valence-electron chi connectivity index (χ2n) is 1.83. The van der Waals surface area contributed by atoms with Crippen LogP contribution in [0.2, 0.25) is 0 Å². The van der Waals surface area contributed by atoms with Crippen LogP contribution in [0.3, 0.4) is 0 Å². The highest BCUT2D eigenvalue weighted by Gasteiger charge is 2.05. The highest BCUT2D eigenvalue weighted by Crippen LogP contribution is 2.05. The summed E-state index contributed by atoms with van der Waals surface area (Å²) in [5, 5.41) is 3.44. The molecule has 0 aliphatic carbocycles. The summed E-state index contributed by atoms with van der Waals surface area (Å²) in [6.07, 6.45) is 3.21. The van der Waals surface area contributed by atoms with Crippen molar-refractivity contribution in [1.82, 2.24) is 0 Å². The number of hydrogen-bond donors (Lipinski definition) is 1. The summed E-state index contributed by atoms with van der Waals surface area (Å²) < 4.78 is 5.05. The predicted octanol–water partition coefficient (Wildman–Crippen LogP) is 0.459. The lowest BCUT2D eigenvalue weighted by Gasteiger charge is -2.12. The van der Waals surface area contributed by atoms with E-state index >= 15 is 0 Å². The Labute approximate surface area is 48.5 Å². The van der Waals surface area contributed by atoms with Crippen molar-refractivity contribution >= 4 is 5.90 Å². The van der Waals surface area contributed by atoms with Crippen LogP contribution in [0.15, 0.2) is 5.10 Å². The average molecular weight is 114 g/mol. The van der Waals surface area contributed by atoms with Crippen LogP contribution in [0.1, 0.15) is 19.3 Å². The third-order valence-electron chi connectivity index (χ3n) is 1.20. The average Bonchev–Trinajstić information content (AvgIpc) is 1.90. The molecule has 1 aliphatic rings. The van der Waals surface area contributed by atoms with Gasteiger partial charge in [0.2, 0.25) is 5.90 Å². The second-order valence-corrected chi connectivity index (χ2v) is 1.83. The number of nitrogens with zero attached hydrogens (tertiary/aromatic N) is 1. The molecule has 8 heavy (non-hydrogen) atoms. The summed E-state index contributed by atoms with van der Waals surface area (Å²) in [5.41, 5.74) is 0. The van der Waals surface area contributed by atoms with Gasteiger partial charge in [-0.1, -0.05) is 0 Å². The minimum atomic E-state index is 0.705. The van der Waals surface area contributed by atoms with E-state index in [2.05, 4.69) is 5.10 Å².